The summed E-state index contributed by atoms with van der Waals surface area (Å²) in [5.41, 5.74) is 2.47. The van der Waals surface area contributed by atoms with E-state index < -0.39 is 0 Å². The number of hydrogen-bond acceptors (Lipinski definition) is 2. The first-order valence-corrected chi connectivity index (χ1v) is 6.05. The van der Waals surface area contributed by atoms with Crippen molar-refractivity contribution in [2.24, 2.45) is 0 Å². The van der Waals surface area contributed by atoms with Crippen molar-refractivity contribution in [3.8, 4) is 0 Å². The maximum atomic E-state index is 5.81. The van der Waals surface area contributed by atoms with Gasteiger partial charge in [0.15, 0.2) is 0 Å². The van der Waals surface area contributed by atoms with Crippen molar-refractivity contribution in [1.29, 1.82) is 0 Å². The molecule has 0 radical (unpaired) electrons. The lowest BCUT2D eigenvalue weighted by molar-refractivity contribution is -0.0980. The Kier molecular flexibility index (Phi) is 4.00. The topological polar surface area (TPSA) is 18.5 Å². The van der Waals surface area contributed by atoms with Crippen LogP contribution in [0.1, 0.15) is 24.0 Å². The van der Waals surface area contributed by atoms with Gasteiger partial charge in [-0.2, -0.15) is 0 Å². The molecule has 1 aromatic rings. The third kappa shape index (κ3) is 2.39. The van der Waals surface area contributed by atoms with Crippen LogP contribution in [0.2, 0.25) is 0 Å². The summed E-state index contributed by atoms with van der Waals surface area (Å²) in [6, 6.07) is 8.28. The number of fused-ring (bicyclic) bond motifs is 1. The van der Waals surface area contributed by atoms with Crippen molar-refractivity contribution < 1.29 is 9.47 Å². The fraction of sp³-hybridized carbons (Fsp3) is 0.250. The number of ether oxygens (including phenoxy) is 2. The third-order valence-corrected chi connectivity index (χ3v) is 3.10. The molecule has 0 aliphatic heterocycles. The Morgan fingerprint density at radius 3 is 2.83 bits per heavy atom. The second-order valence-corrected chi connectivity index (χ2v) is 4.13. The van der Waals surface area contributed by atoms with Gasteiger partial charge in [0.1, 0.15) is 5.76 Å². The molecule has 2 nitrogen and oxygen atoms in total. The van der Waals surface area contributed by atoms with Gasteiger partial charge in [-0.15, -0.1) is 0 Å². The summed E-state index contributed by atoms with van der Waals surface area (Å²) in [6.07, 6.45) is 7.47. The van der Waals surface area contributed by atoms with Gasteiger partial charge in [-0.25, -0.2) is 0 Å². The molecule has 2 atom stereocenters. The molecule has 2 unspecified atom stereocenters. The molecular weight excluding hydrogens is 224 g/mol. The first-order valence-electron chi connectivity index (χ1n) is 6.05. The number of allylic oxidation sites excluding steroid dienone is 2. The molecule has 0 spiro atoms. The summed E-state index contributed by atoms with van der Waals surface area (Å²) in [5.74, 6) is 0.862. The smallest absolute Gasteiger partial charge is 0.210 e. The van der Waals surface area contributed by atoms with Crippen LogP contribution >= 0.6 is 0 Å². The number of rotatable bonds is 5. The molecule has 2 heteroatoms. The van der Waals surface area contributed by atoms with Gasteiger partial charge in [0.05, 0.1) is 5.92 Å². The maximum Gasteiger partial charge on any atom is 0.210 e. The van der Waals surface area contributed by atoms with E-state index in [4.69, 9.17) is 9.47 Å². The van der Waals surface area contributed by atoms with Crippen molar-refractivity contribution >= 4 is 6.08 Å². The first-order chi connectivity index (χ1) is 8.80. The molecule has 2 rings (SSSR count). The summed E-state index contributed by atoms with van der Waals surface area (Å²) in [7, 11) is 1.66. The van der Waals surface area contributed by atoms with E-state index in [1.54, 1.807) is 13.2 Å². The Hall–Kier alpha value is -1.80. The summed E-state index contributed by atoms with van der Waals surface area (Å²) in [5, 5.41) is 0. The second-order valence-electron chi connectivity index (χ2n) is 4.13. The molecule has 1 aliphatic rings. The van der Waals surface area contributed by atoms with Crippen molar-refractivity contribution in [2.45, 2.75) is 19.1 Å². The van der Waals surface area contributed by atoms with Crippen LogP contribution in [0, 0.1) is 0 Å². The fourth-order valence-electron chi connectivity index (χ4n) is 2.15. The Bertz CT molecular complexity index is 486. The minimum absolute atomic E-state index is 0.126. The molecule has 94 valence electrons. The van der Waals surface area contributed by atoms with Crippen LogP contribution in [0.3, 0.4) is 0 Å². The molecule has 1 aromatic carbocycles. The molecule has 1 aliphatic carbocycles. The van der Waals surface area contributed by atoms with Crippen molar-refractivity contribution in [2.75, 3.05) is 7.11 Å². The van der Waals surface area contributed by atoms with E-state index in [2.05, 4.69) is 30.9 Å². The quantitative estimate of drug-likeness (QED) is 0.443. The van der Waals surface area contributed by atoms with E-state index in [1.165, 1.54) is 11.1 Å². The van der Waals surface area contributed by atoms with Crippen molar-refractivity contribution in [1.82, 2.24) is 0 Å². The summed E-state index contributed by atoms with van der Waals surface area (Å²) in [6.45, 7) is 5.64. The van der Waals surface area contributed by atoms with Crippen LogP contribution in [-0.2, 0) is 9.47 Å². The van der Waals surface area contributed by atoms with Crippen LogP contribution in [0.4, 0.5) is 0 Å². The lowest BCUT2D eigenvalue weighted by Crippen LogP contribution is -2.22. The summed E-state index contributed by atoms with van der Waals surface area (Å²) >= 11 is 0. The Morgan fingerprint density at radius 1 is 1.39 bits per heavy atom. The molecule has 0 fully saturated rings. The normalized spacial score (nSPS) is 19.4. The molecule has 0 heterocycles. The zero-order chi connectivity index (χ0) is 13.0. The summed E-state index contributed by atoms with van der Waals surface area (Å²) < 4.78 is 11.3. The van der Waals surface area contributed by atoms with Crippen molar-refractivity contribution in [3.63, 3.8) is 0 Å². The van der Waals surface area contributed by atoms with Gasteiger partial charge >= 0.3 is 0 Å². The Morgan fingerprint density at radius 2 is 2.17 bits per heavy atom. The predicted molar refractivity (Wildman–Crippen MR) is 74.1 cm³/mol. The van der Waals surface area contributed by atoms with E-state index in [9.17, 15) is 0 Å². The Labute approximate surface area is 108 Å². The SMILES string of the molecule is C=CC(=CC)OC(OC)C1C=Cc2ccccc21. The van der Waals surface area contributed by atoms with Crippen LogP contribution < -0.4 is 0 Å². The molecule has 0 N–H and O–H groups in total. The average molecular weight is 242 g/mol. The lowest BCUT2D eigenvalue weighted by Gasteiger charge is -2.23. The standard InChI is InChI=1S/C16H18O2/c1-4-13(5-2)18-16(17-3)15-11-10-12-8-6-7-9-14(12)15/h4-11,15-16H,1H2,2-3H3. The van der Waals surface area contributed by atoms with Gasteiger partial charge in [0.25, 0.3) is 0 Å². The minimum Gasteiger partial charge on any atom is -0.464 e. The number of hydrogen-bond donors (Lipinski definition) is 0. The Balaban J connectivity index is 2.21. The fourth-order valence-corrected chi connectivity index (χ4v) is 2.15. The zero-order valence-electron chi connectivity index (χ0n) is 10.8. The predicted octanol–water partition coefficient (Wildman–Crippen LogP) is 3.88. The molecule has 0 bridgehead atoms. The molecule has 0 aromatic heterocycles. The van der Waals surface area contributed by atoms with E-state index in [0.717, 1.165) is 5.76 Å². The van der Waals surface area contributed by atoms with Crippen LogP contribution in [-0.4, -0.2) is 13.4 Å². The average Bonchev–Trinajstić information content (AvgIpc) is 2.84. The van der Waals surface area contributed by atoms with E-state index >= 15 is 0 Å². The number of methoxy groups -OCH3 is 1. The van der Waals surface area contributed by atoms with Gasteiger partial charge in [0.2, 0.25) is 6.29 Å². The second kappa shape index (κ2) is 5.69. The van der Waals surface area contributed by atoms with Crippen LogP contribution in [0.15, 0.2) is 54.8 Å². The van der Waals surface area contributed by atoms with Gasteiger partial charge in [-0.3, -0.25) is 0 Å². The first kappa shape index (κ1) is 12.7. The molecule has 0 saturated carbocycles. The van der Waals surface area contributed by atoms with E-state index in [-0.39, 0.29) is 12.2 Å². The van der Waals surface area contributed by atoms with Gasteiger partial charge in [-0.1, -0.05) is 43.0 Å². The third-order valence-electron chi connectivity index (χ3n) is 3.10. The highest BCUT2D eigenvalue weighted by Crippen LogP contribution is 2.34. The minimum atomic E-state index is -0.325. The molecular formula is C16H18O2. The largest absolute Gasteiger partial charge is 0.464 e. The van der Waals surface area contributed by atoms with E-state index in [0.29, 0.717) is 0 Å². The maximum absolute atomic E-state index is 5.81. The van der Waals surface area contributed by atoms with Crippen LogP contribution in [0.5, 0.6) is 0 Å². The zero-order valence-corrected chi connectivity index (χ0v) is 10.8. The molecule has 0 amide bonds. The van der Waals surface area contributed by atoms with Gasteiger partial charge in [-0.05, 0) is 30.2 Å². The highest BCUT2D eigenvalue weighted by Gasteiger charge is 2.27. The van der Waals surface area contributed by atoms with Gasteiger partial charge in [0, 0.05) is 7.11 Å². The van der Waals surface area contributed by atoms with Crippen molar-refractivity contribution in [3.05, 3.63) is 66.0 Å². The lowest BCUT2D eigenvalue weighted by atomic mass is 10.0. The van der Waals surface area contributed by atoms with Gasteiger partial charge < -0.3 is 9.47 Å². The molecule has 18 heavy (non-hydrogen) atoms. The van der Waals surface area contributed by atoms with Crippen LogP contribution in [0.25, 0.3) is 6.08 Å². The van der Waals surface area contributed by atoms with E-state index in [1.807, 2.05) is 25.1 Å². The highest BCUT2D eigenvalue weighted by atomic mass is 16.7. The highest BCUT2D eigenvalue weighted by molar-refractivity contribution is 5.62. The molecule has 0 saturated heterocycles. The monoisotopic (exact) mass is 242 g/mol. The summed E-state index contributed by atoms with van der Waals surface area (Å²) in [4.78, 5) is 0. The number of benzene rings is 1.